The van der Waals surface area contributed by atoms with Crippen molar-refractivity contribution in [2.24, 2.45) is 0 Å². The fourth-order valence-corrected chi connectivity index (χ4v) is 1.65. The van der Waals surface area contributed by atoms with Crippen molar-refractivity contribution in [3.05, 3.63) is 34.9 Å². The molecule has 1 rings (SSSR count). The van der Waals surface area contributed by atoms with Gasteiger partial charge in [-0.25, -0.2) is 0 Å². The van der Waals surface area contributed by atoms with Crippen molar-refractivity contribution in [3.8, 4) is 0 Å². The van der Waals surface area contributed by atoms with Crippen LogP contribution in [-0.4, -0.2) is 18.3 Å². The molecule has 0 bridgehead atoms. The van der Waals surface area contributed by atoms with Crippen LogP contribution in [0.15, 0.2) is 24.3 Å². The van der Waals surface area contributed by atoms with E-state index in [2.05, 4.69) is 18.3 Å². The molecule has 1 unspecified atom stereocenters. The maximum atomic E-state index is 8.64. The van der Waals surface area contributed by atoms with Gasteiger partial charge in [0.25, 0.3) is 0 Å². The highest BCUT2D eigenvalue weighted by Crippen LogP contribution is 2.17. The monoisotopic (exact) mass is 227 g/mol. The van der Waals surface area contributed by atoms with Crippen LogP contribution in [0.5, 0.6) is 0 Å². The summed E-state index contributed by atoms with van der Waals surface area (Å²) >= 11 is 5.91. The van der Waals surface area contributed by atoms with Gasteiger partial charge < -0.3 is 10.4 Å². The summed E-state index contributed by atoms with van der Waals surface area (Å²) in [6, 6.07) is 8.19. The molecule has 0 spiro atoms. The fraction of sp³-hybridized carbons (Fsp3) is 0.500. The molecule has 15 heavy (non-hydrogen) atoms. The van der Waals surface area contributed by atoms with Crippen molar-refractivity contribution in [2.75, 3.05) is 13.2 Å². The van der Waals surface area contributed by atoms with Crippen molar-refractivity contribution >= 4 is 11.6 Å². The van der Waals surface area contributed by atoms with Gasteiger partial charge in [0.2, 0.25) is 0 Å². The van der Waals surface area contributed by atoms with Crippen LogP contribution in [0.1, 0.15) is 31.4 Å². The first kappa shape index (κ1) is 12.5. The molecule has 2 N–H and O–H groups in total. The third-order valence-corrected chi connectivity index (χ3v) is 2.62. The quantitative estimate of drug-likeness (QED) is 0.733. The summed E-state index contributed by atoms with van der Waals surface area (Å²) in [6.07, 6.45) is 1.86. The Bertz CT molecular complexity index is 291. The molecule has 1 aromatic carbocycles. The summed E-state index contributed by atoms with van der Waals surface area (Å²) in [5, 5.41) is 12.8. The van der Waals surface area contributed by atoms with E-state index in [0.29, 0.717) is 6.04 Å². The smallest absolute Gasteiger partial charge is 0.0431 e. The first-order valence-corrected chi connectivity index (χ1v) is 5.71. The zero-order chi connectivity index (χ0) is 11.1. The molecule has 0 saturated carbocycles. The van der Waals surface area contributed by atoms with Crippen LogP contribution in [0.3, 0.4) is 0 Å². The molecule has 1 atom stereocenters. The van der Waals surface area contributed by atoms with Gasteiger partial charge in [0.1, 0.15) is 0 Å². The van der Waals surface area contributed by atoms with E-state index in [1.54, 1.807) is 0 Å². The fourth-order valence-electron chi connectivity index (χ4n) is 1.45. The van der Waals surface area contributed by atoms with Crippen molar-refractivity contribution in [1.29, 1.82) is 0 Å². The Morgan fingerprint density at radius 1 is 1.40 bits per heavy atom. The molecule has 0 radical (unpaired) electrons. The number of hydrogen-bond donors (Lipinski definition) is 2. The van der Waals surface area contributed by atoms with Crippen LogP contribution in [0.25, 0.3) is 0 Å². The van der Waals surface area contributed by atoms with Gasteiger partial charge in [0.05, 0.1) is 0 Å². The van der Waals surface area contributed by atoms with Gasteiger partial charge in [-0.05, 0) is 44.0 Å². The first-order chi connectivity index (χ1) is 7.24. The Morgan fingerprint density at radius 3 is 2.87 bits per heavy atom. The van der Waals surface area contributed by atoms with E-state index in [1.165, 1.54) is 5.56 Å². The molecular weight excluding hydrogens is 210 g/mol. The SMILES string of the molecule is CC(NCCCCO)c1cccc(Cl)c1. The lowest BCUT2D eigenvalue weighted by molar-refractivity contribution is 0.283. The molecule has 0 heterocycles. The Hall–Kier alpha value is -0.570. The molecular formula is C12H18ClNO. The molecule has 0 fully saturated rings. The van der Waals surface area contributed by atoms with Crippen molar-refractivity contribution in [1.82, 2.24) is 5.32 Å². The number of rotatable bonds is 6. The number of halogens is 1. The average molecular weight is 228 g/mol. The zero-order valence-electron chi connectivity index (χ0n) is 9.04. The number of aliphatic hydroxyl groups is 1. The molecule has 0 amide bonds. The predicted molar refractivity (Wildman–Crippen MR) is 64.2 cm³/mol. The minimum atomic E-state index is 0.271. The molecule has 2 nitrogen and oxygen atoms in total. The normalized spacial score (nSPS) is 12.7. The van der Waals surface area contributed by atoms with Crippen molar-refractivity contribution in [3.63, 3.8) is 0 Å². The first-order valence-electron chi connectivity index (χ1n) is 5.33. The molecule has 1 aromatic rings. The highest BCUT2D eigenvalue weighted by atomic mass is 35.5. The molecule has 0 aliphatic heterocycles. The zero-order valence-corrected chi connectivity index (χ0v) is 9.80. The molecule has 0 aromatic heterocycles. The second-order valence-corrected chi connectivity index (χ2v) is 4.10. The summed E-state index contributed by atoms with van der Waals surface area (Å²) in [4.78, 5) is 0. The molecule has 84 valence electrons. The van der Waals surface area contributed by atoms with E-state index >= 15 is 0 Å². The largest absolute Gasteiger partial charge is 0.396 e. The molecule has 0 saturated heterocycles. The van der Waals surface area contributed by atoms with Gasteiger partial charge in [0.15, 0.2) is 0 Å². The lowest BCUT2D eigenvalue weighted by Crippen LogP contribution is -2.19. The highest BCUT2D eigenvalue weighted by molar-refractivity contribution is 6.30. The Labute approximate surface area is 96.3 Å². The second-order valence-electron chi connectivity index (χ2n) is 3.66. The lowest BCUT2D eigenvalue weighted by Gasteiger charge is -2.14. The average Bonchev–Trinajstić information content (AvgIpc) is 2.24. The summed E-state index contributed by atoms with van der Waals surface area (Å²) in [7, 11) is 0. The van der Waals surface area contributed by atoms with E-state index in [9.17, 15) is 0 Å². The summed E-state index contributed by atoms with van der Waals surface area (Å²) in [5.41, 5.74) is 1.20. The van der Waals surface area contributed by atoms with Crippen molar-refractivity contribution < 1.29 is 5.11 Å². The van der Waals surface area contributed by atoms with E-state index < -0.39 is 0 Å². The minimum Gasteiger partial charge on any atom is -0.396 e. The second kappa shape index (κ2) is 6.83. The van der Waals surface area contributed by atoms with E-state index in [4.69, 9.17) is 16.7 Å². The molecule has 3 heteroatoms. The van der Waals surface area contributed by atoms with Crippen molar-refractivity contribution in [2.45, 2.75) is 25.8 Å². The van der Waals surface area contributed by atoms with Crippen LogP contribution in [0.4, 0.5) is 0 Å². The molecule has 0 aliphatic carbocycles. The Balaban J connectivity index is 2.36. The third-order valence-electron chi connectivity index (χ3n) is 2.38. The molecule has 0 aliphatic rings. The third kappa shape index (κ3) is 4.65. The van der Waals surface area contributed by atoms with E-state index in [1.807, 2.05) is 18.2 Å². The Kier molecular flexibility index (Phi) is 5.69. The standard InChI is InChI=1S/C12H18ClNO/c1-10(14-7-2-3-8-15)11-5-4-6-12(13)9-11/h4-6,9-10,14-15H,2-3,7-8H2,1H3. The van der Waals surface area contributed by atoms with Crippen LogP contribution in [0, 0.1) is 0 Å². The van der Waals surface area contributed by atoms with Crippen LogP contribution in [0.2, 0.25) is 5.02 Å². The van der Waals surface area contributed by atoms with Crippen LogP contribution < -0.4 is 5.32 Å². The van der Waals surface area contributed by atoms with E-state index in [0.717, 1.165) is 24.4 Å². The van der Waals surface area contributed by atoms with Crippen LogP contribution in [-0.2, 0) is 0 Å². The lowest BCUT2D eigenvalue weighted by atomic mass is 10.1. The topological polar surface area (TPSA) is 32.3 Å². The summed E-state index contributed by atoms with van der Waals surface area (Å²) in [5.74, 6) is 0. The number of benzene rings is 1. The maximum absolute atomic E-state index is 8.64. The van der Waals surface area contributed by atoms with Gasteiger partial charge in [-0.1, -0.05) is 23.7 Å². The van der Waals surface area contributed by atoms with Gasteiger partial charge >= 0.3 is 0 Å². The predicted octanol–water partition coefficient (Wildman–Crippen LogP) is 2.76. The number of aliphatic hydroxyl groups excluding tert-OH is 1. The maximum Gasteiger partial charge on any atom is 0.0431 e. The van der Waals surface area contributed by atoms with Gasteiger partial charge in [-0.3, -0.25) is 0 Å². The van der Waals surface area contributed by atoms with Gasteiger partial charge in [0, 0.05) is 17.7 Å². The summed E-state index contributed by atoms with van der Waals surface area (Å²) in [6.45, 7) is 3.31. The van der Waals surface area contributed by atoms with Crippen LogP contribution >= 0.6 is 11.6 Å². The summed E-state index contributed by atoms with van der Waals surface area (Å²) < 4.78 is 0. The highest BCUT2D eigenvalue weighted by Gasteiger charge is 2.03. The van der Waals surface area contributed by atoms with E-state index in [-0.39, 0.29) is 6.61 Å². The van der Waals surface area contributed by atoms with Gasteiger partial charge in [-0.15, -0.1) is 0 Å². The number of nitrogens with one attached hydrogen (secondary N) is 1. The Morgan fingerprint density at radius 2 is 2.20 bits per heavy atom. The minimum absolute atomic E-state index is 0.271. The number of hydrogen-bond acceptors (Lipinski definition) is 2. The van der Waals surface area contributed by atoms with Gasteiger partial charge in [-0.2, -0.15) is 0 Å². The number of unbranched alkanes of at least 4 members (excludes halogenated alkanes) is 1.